The Morgan fingerprint density at radius 3 is 2.24 bits per heavy atom. The van der Waals surface area contributed by atoms with Gasteiger partial charge in [0.1, 0.15) is 5.75 Å². The topological polar surface area (TPSA) is 79.8 Å². The van der Waals surface area contributed by atoms with Crippen molar-refractivity contribution in [1.29, 1.82) is 0 Å². The maximum atomic E-state index is 12.4. The van der Waals surface area contributed by atoms with Gasteiger partial charge in [-0.1, -0.05) is 51.1 Å². The van der Waals surface area contributed by atoms with Crippen LogP contribution in [-0.4, -0.2) is 24.6 Å². The highest BCUT2D eigenvalue weighted by Crippen LogP contribution is 2.22. The van der Waals surface area contributed by atoms with E-state index in [4.69, 9.17) is 4.74 Å². The van der Waals surface area contributed by atoms with Crippen LogP contribution in [0.25, 0.3) is 0 Å². The molecule has 0 saturated carbocycles. The second-order valence-corrected chi connectivity index (χ2v) is 8.75. The molecule has 0 atom stereocenters. The van der Waals surface area contributed by atoms with Crippen molar-refractivity contribution in [3.8, 4) is 5.75 Å². The molecule has 1 amide bonds. The van der Waals surface area contributed by atoms with E-state index in [1.165, 1.54) is 6.21 Å². The monoisotopic (exact) mass is 443 g/mol. The van der Waals surface area contributed by atoms with E-state index >= 15 is 0 Å². The van der Waals surface area contributed by atoms with Gasteiger partial charge >= 0.3 is 5.97 Å². The van der Waals surface area contributed by atoms with E-state index in [9.17, 15) is 9.59 Å². The van der Waals surface area contributed by atoms with Crippen molar-refractivity contribution in [3.05, 3.63) is 95.1 Å². The van der Waals surface area contributed by atoms with Crippen LogP contribution in [0, 0.1) is 6.92 Å². The number of ether oxygens (including phenoxy) is 1. The zero-order chi connectivity index (χ0) is 23.8. The molecule has 0 radical (unpaired) electrons. The number of amides is 1. The van der Waals surface area contributed by atoms with Gasteiger partial charge in [-0.25, -0.2) is 10.2 Å². The first-order valence-electron chi connectivity index (χ1n) is 10.8. The molecule has 170 valence electrons. The summed E-state index contributed by atoms with van der Waals surface area (Å²) < 4.78 is 5.45. The van der Waals surface area contributed by atoms with Crippen LogP contribution in [0.1, 0.15) is 47.8 Å². The summed E-state index contributed by atoms with van der Waals surface area (Å²) in [5.74, 6) is -0.230. The van der Waals surface area contributed by atoms with Gasteiger partial charge in [0.2, 0.25) is 0 Å². The molecule has 0 aliphatic carbocycles. The number of para-hydroxylation sites is 1. The van der Waals surface area contributed by atoms with Crippen molar-refractivity contribution in [2.45, 2.75) is 33.1 Å². The van der Waals surface area contributed by atoms with Crippen molar-refractivity contribution >= 4 is 23.8 Å². The number of nitrogens with one attached hydrogen (secondary N) is 2. The molecule has 3 rings (SSSR count). The number of hydrogen-bond donors (Lipinski definition) is 2. The van der Waals surface area contributed by atoms with Crippen LogP contribution in [0.2, 0.25) is 0 Å². The fraction of sp³-hybridized carbons (Fsp3) is 0.222. The van der Waals surface area contributed by atoms with E-state index in [1.54, 1.807) is 36.4 Å². The Morgan fingerprint density at radius 2 is 1.61 bits per heavy atom. The van der Waals surface area contributed by atoms with E-state index in [1.807, 2.05) is 43.3 Å². The van der Waals surface area contributed by atoms with Gasteiger partial charge in [0.05, 0.1) is 18.3 Å². The Hall–Kier alpha value is -3.93. The molecule has 6 heteroatoms. The molecule has 0 saturated heterocycles. The third-order valence-electron chi connectivity index (χ3n) is 5.06. The first-order valence-corrected chi connectivity index (χ1v) is 10.8. The van der Waals surface area contributed by atoms with E-state index in [0.717, 1.165) is 22.4 Å². The van der Waals surface area contributed by atoms with Crippen LogP contribution >= 0.6 is 0 Å². The average Bonchev–Trinajstić information content (AvgIpc) is 2.79. The van der Waals surface area contributed by atoms with Gasteiger partial charge in [0.25, 0.3) is 5.91 Å². The molecule has 0 fully saturated rings. The molecule has 0 aliphatic rings. The Bertz CT molecular complexity index is 1130. The van der Waals surface area contributed by atoms with Gasteiger partial charge < -0.3 is 10.1 Å². The number of anilines is 1. The Kier molecular flexibility index (Phi) is 7.61. The first kappa shape index (κ1) is 23.7. The SMILES string of the molecule is Cc1ccccc1NCC(=O)N/N=C/c1ccc(OC(=O)c2ccc(C(C)(C)C)cc2)cc1. The molecule has 6 nitrogen and oxygen atoms in total. The number of aryl methyl sites for hydroxylation is 1. The molecule has 0 heterocycles. The summed E-state index contributed by atoms with van der Waals surface area (Å²) in [5, 5.41) is 7.05. The Morgan fingerprint density at radius 1 is 0.939 bits per heavy atom. The van der Waals surface area contributed by atoms with Gasteiger partial charge in [-0.2, -0.15) is 5.10 Å². The van der Waals surface area contributed by atoms with Crippen LogP contribution in [0.5, 0.6) is 5.75 Å². The van der Waals surface area contributed by atoms with Crippen molar-refractivity contribution in [2.24, 2.45) is 5.10 Å². The van der Waals surface area contributed by atoms with E-state index in [-0.39, 0.29) is 17.9 Å². The number of esters is 1. The minimum Gasteiger partial charge on any atom is -0.423 e. The number of carbonyl (C=O) groups is 2. The minimum absolute atomic E-state index is 0.0245. The highest BCUT2D eigenvalue weighted by atomic mass is 16.5. The molecule has 3 aromatic carbocycles. The first-order chi connectivity index (χ1) is 15.7. The molecule has 3 aromatic rings. The molecule has 2 N–H and O–H groups in total. The summed E-state index contributed by atoms with van der Waals surface area (Å²) in [5.41, 5.74) is 6.90. The van der Waals surface area contributed by atoms with E-state index in [2.05, 4.69) is 36.6 Å². The van der Waals surface area contributed by atoms with E-state index in [0.29, 0.717) is 11.3 Å². The molecule has 33 heavy (non-hydrogen) atoms. The number of hydrazone groups is 1. The number of rotatable bonds is 7. The maximum Gasteiger partial charge on any atom is 0.343 e. The third-order valence-corrected chi connectivity index (χ3v) is 5.06. The van der Waals surface area contributed by atoms with Gasteiger partial charge in [0.15, 0.2) is 0 Å². The van der Waals surface area contributed by atoms with Crippen molar-refractivity contribution in [3.63, 3.8) is 0 Å². The van der Waals surface area contributed by atoms with Crippen LogP contribution in [0.4, 0.5) is 5.69 Å². The Balaban J connectivity index is 1.48. The van der Waals surface area contributed by atoms with Crippen LogP contribution in [0.15, 0.2) is 77.9 Å². The number of benzene rings is 3. The van der Waals surface area contributed by atoms with Gasteiger partial charge in [-0.3, -0.25) is 4.79 Å². The van der Waals surface area contributed by atoms with Gasteiger partial charge in [-0.15, -0.1) is 0 Å². The number of hydrogen-bond acceptors (Lipinski definition) is 5. The van der Waals surface area contributed by atoms with Crippen LogP contribution in [0.3, 0.4) is 0 Å². The lowest BCUT2D eigenvalue weighted by molar-refractivity contribution is -0.119. The van der Waals surface area contributed by atoms with Crippen molar-refractivity contribution in [1.82, 2.24) is 5.43 Å². The number of carbonyl (C=O) groups excluding carboxylic acids is 2. The predicted molar refractivity (Wildman–Crippen MR) is 132 cm³/mol. The second-order valence-electron chi connectivity index (χ2n) is 8.75. The fourth-order valence-corrected chi connectivity index (χ4v) is 3.06. The third kappa shape index (κ3) is 7.04. The van der Waals surface area contributed by atoms with E-state index < -0.39 is 5.97 Å². The number of nitrogens with zero attached hydrogens (tertiary/aromatic N) is 1. The highest BCUT2D eigenvalue weighted by Gasteiger charge is 2.15. The molecule has 0 bridgehead atoms. The molecule has 0 aliphatic heterocycles. The van der Waals surface area contributed by atoms with Crippen molar-refractivity contribution in [2.75, 3.05) is 11.9 Å². The normalized spacial score (nSPS) is 11.3. The lowest BCUT2D eigenvalue weighted by atomic mass is 9.87. The molecular formula is C27H29N3O3. The summed E-state index contributed by atoms with van der Waals surface area (Å²) >= 11 is 0. The standard InChI is InChI=1S/C27H29N3O3/c1-19-7-5-6-8-24(19)28-18-25(31)30-29-17-20-9-15-23(16-10-20)33-26(32)21-11-13-22(14-12-21)27(2,3)4/h5-17,28H,18H2,1-4H3,(H,30,31)/b29-17+. The molecular weight excluding hydrogens is 414 g/mol. The summed E-state index contributed by atoms with van der Waals surface area (Å²) in [6, 6.07) is 22.1. The zero-order valence-electron chi connectivity index (χ0n) is 19.4. The van der Waals surface area contributed by atoms with Crippen molar-refractivity contribution < 1.29 is 14.3 Å². The zero-order valence-corrected chi connectivity index (χ0v) is 19.4. The predicted octanol–water partition coefficient (Wildman–Crippen LogP) is 5.07. The molecule has 0 unspecified atom stereocenters. The lowest BCUT2D eigenvalue weighted by Gasteiger charge is -2.18. The summed E-state index contributed by atoms with van der Waals surface area (Å²) in [7, 11) is 0. The van der Waals surface area contributed by atoms with Crippen LogP contribution in [-0.2, 0) is 10.2 Å². The fourth-order valence-electron chi connectivity index (χ4n) is 3.06. The quantitative estimate of drug-likeness (QED) is 0.231. The summed E-state index contributed by atoms with van der Waals surface area (Å²) in [4.78, 5) is 24.3. The highest BCUT2D eigenvalue weighted by molar-refractivity contribution is 5.91. The maximum absolute atomic E-state index is 12.4. The summed E-state index contributed by atoms with van der Waals surface area (Å²) in [6.45, 7) is 8.47. The second kappa shape index (κ2) is 10.6. The smallest absolute Gasteiger partial charge is 0.343 e. The Labute approximate surface area is 194 Å². The minimum atomic E-state index is -0.412. The van der Waals surface area contributed by atoms with Gasteiger partial charge in [-0.05, 0) is 71.5 Å². The van der Waals surface area contributed by atoms with Crippen LogP contribution < -0.4 is 15.5 Å². The average molecular weight is 444 g/mol. The largest absolute Gasteiger partial charge is 0.423 e. The lowest BCUT2D eigenvalue weighted by Crippen LogP contribution is -2.26. The molecule has 0 aromatic heterocycles. The molecule has 0 spiro atoms. The summed E-state index contributed by atoms with van der Waals surface area (Å²) in [6.07, 6.45) is 1.53. The van der Waals surface area contributed by atoms with Gasteiger partial charge in [0, 0.05) is 5.69 Å².